The largest absolute Gasteiger partial charge is 0.604 e. The van der Waals surface area contributed by atoms with Gasteiger partial charge in [-0.1, -0.05) is 0 Å². The van der Waals surface area contributed by atoms with Crippen LogP contribution in [0.2, 0.25) is 0 Å². The van der Waals surface area contributed by atoms with Crippen molar-refractivity contribution >= 4 is 36.4 Å². The topological polar surface area (TPSA) is 155 Å². The monoisotopic (exact) mass is 316 g/mol. The van der Waals surface area contributed by atoms with Crippen molar-refractivity contribution in [1.29, 1.82) is 5.41 Å². The van der Waals surface area contributed by atoms with Crippen LogP contribution < -0.4 is 16.5 Å². The molecule has 0 aromatic heterocycles. The van der Waals surface area contributed by atoms with Gasteiger partial charge in [0.1, 0.15) is 0 Å². The van der Waals surface area contributed by atoms with Crippen molar-refractivity contribution in [2.45, 2.75) is 17.7 Å². The van der Waals surface area contributed by atoms with Gasteiger partial charge in [-0.3, -0.25) is 5.41 Å². The van der Waals surface area contributed by atoms with Gasteiger partial charge in [0.25, 0.3) is 0 Å². The molecule has 0 aromatic rings. The van der Waals surface area contributed by atoms with Gasteiger partial charge in [-0.05, 0) is 6.42 Å². The molecule has 16 heavy (non-hydrogen) atoms. The second-order valence-electron chi connectivity index (χ2n) is 2.91. The van der Waals surface area contributed by atoms with E-state index < -0.39 is 20.4 Å². The summed E-state index contributed by atoms with van der Waals surface area (Å²) in [6.45, 7) is 0.246. The number of nitrogens with two attached hydrogens (primary N) is 1. The van der Waals surface area contributed by atoms with E-state index in [2.05, 4.69) is 20.1 Å². The highest BCUT2D eigenvalue weighted by Crippen LogP contribution is 2.25. The van der Waals surface area contributed by atoms with E-state index in [4.69, 9.17) is 21.5 Å². The Balaban J connectivity index is 4.33. The Morgan fingerprint density at radius 2 is 2.25 bits per heavy atom. The highest BCUT2D eigenvalue weighted by molar-refractivity contribution is 9.47. The van der Waals surface area contributed by atoms with Crippen molar-refractivity contribution in [1.82, 2.24) is 10.8 Å². The zero-order valence-corrected chi connectivity index (χ0v) is 10.6. The van der Waals surface area contributed by atoms with Gasteiger partial charge in [-0.25, -0.2) is 4.79 Å². The molecule has 0 saturated carbocycles. The van der Waals surface area contributed by atoms with E-state index in [0.717, 1.165) is 0 Å². The van der Waals surface area contributed by atoms with Crippen molar-refractivity contribution in [3.05, 3.63) is 0 Å². The van der Waals surface area contributed by atoms with E-state index in [9.17, 15) is 9.35 Å². The zero-order valence-electron chi connectivity index (χ0n) is 8.20. The molecular formula is C6H13BrN4O4S. The lowest BCUT2D eigenvalue weighted by molar-refractivity contribution is -0.144. The Morgan fingerprint density at radius 3 is 2.56 bits per heavy atom. The van der Waals surface area contributed by atoms with Crippen LogP contribution in [0.4, 0.5) is 0 Å². The number of hydroxylamine groups is 1. The number of aliphatic carboxylic acids is 1. The standard InChI is InChI=1S/C6H13BrN4O4S/c7-16(15)6(11-14,4(12)13)2-1-3-10-5(8)9/h11,14H,1-3H2,(H,12,13)(H4,8,9,10). The lowest BCUT2D eigenvalue weighted by Gasteiger charge is -2.25. The number of hydrogen-bond acceptors (Lipinski definition) is 5. The highest BCUT2D eigenvalue weighted by atomic mass is 79.9. The summed E-state index contributed by atoms with van der Waals surface area (Å²) in [4.78, 5) is 8.93. The number of carboxylic acids is 1. The molecule has 0 spiro atoms. The Bertz CT molecular complexity index is 267. The van der Waals surface area contributed by atoms with Crippen LogP contribution in [0.3, 0.4) is 0 Å². The summed E-state index contributed by atoms with van der Waals surface area (Å²) >= 11 is 2.62. The van der Waals surface area contributed by atoms with Crippen molar-refractivity contribution < 1.29 is 19.7 Å². The first-order valence-corrected chi connectivity index (χ1v) is 7.16. The van der Waals surface area contributed by atoms with Crippen molar-refractivity contribution in [2.75, 3.05) is 6.54 Å². The number of carbonyl (C=O) groups is 1. The molecule has 2 atom stereocenters. The van der Waals surface area contributed by atoms with E-state index in [1.807, 2.05) is 0 Å². The third-order valence-electron chi connectivity index (χ3n) is 1.82. The van der Waals surface area contributed by atoms with Crippen molar-refractivity contribution in [3.8, 4) is 0 Å². The average molecular weight is 317 g/mol. The molecule has 0 radical (unpaired) electrons. The van der Waals surface area contributed by atoms with E-state index in [-0.39, 0.29) is 25.3 Å². The van der Waals surface area contributed by atoms with E-state index in [1.165, 1.54) is 0 Å². The normalized spacial score (nSPS) is 16.2. The third-order valence-corrected chi connectivity index (χ3v) is 4.50. The molecule has 0 aromatic carbocycles. The molecule has 2 unspecified atom stereocenters. The minimum absolute atomic E-state index is 0.100. The molecule has 0 fully saturated rings. The Hall–Kier alpha value is -0.550. The van der Waals surface area contributed by atoms with Gasteiger partial charge in [0, 0.05) is 13.0 Å². The van der Waals surface area contributed by atoms with Gasteiger partial charge in [-0.15, -0.1) is 5.48 Å². The molecule has 0 rings (SSSR count). The van der Waals surface area contributed by atoms with E-state index >= 15 is 0 Å². The third kappa shape index (κ3) is 4.14. The van der Waals surface area contributed by atoms with Crippen LogP contribution >= 0.6 is 14.8 Å². The van der Waals surface area contributed by atoms with Crippen molar-refractivity contribution in [3.63, 3.8) is 0 Å². The van der Waals surface area contributed by atoms with Gasteiger partial charge < -0.3 is 25.9 Å². The number of hydrogen-bond donors (Lipinski definition) is 6. The average Bonchev–Trinajstić information content (AvgIpc) is 2.16. The minimum Gasteiger partial charge on any atom is -0.604 e. The predicted octanol–water partition coefficient (Wildman–Crippen LogP) is -0.932. The molecule has 94 valence electrons. The summed E-state index contributed by atoms with van der Waals surface area (Å²) in [5.74, 6) is -1.68. The fraction of sp³-hybridized carbons (Fsp3) is 0.667. The first-order valence-electron chi connectivity index (χ1n) is 4.17. The first-order chi connectivity index (χ1) is 7.36. The van der Waals surface area contributed by atoms with Gasteiger partial charge in [0.15, 0.2) is 5.96 Å². The Kier molecular flexibility index (Phi) is 6.67. The molecule has 0 saturated heterocycles. The van der Waals surface area contributed by atoms with Gasteiger partial charge in [-0.2, -0.15) is 0 Å². The summed E-state index contributed by atoms with van der Waals surface area (Å²) < 4.78 is 11.2. The van der Waals surface area contributed by atoms with Crippen LogP contribution in [0.1, 0.15) is 12.8 Å². The summed E-state index contributed by atoms with van der Waals surface area (Å²) in [6.07, 6.45) is 0.160. The van der Waals surface area contributed by atoms with Gasteiger partial charge in [0.2, 0.25) is 14.8 Å². The second-order valence-corrected chi connectivity index (χ2v) is 5.82. The van der Waals surface area contributed by atoms with E-state index in [0.29, 0.717) is 0 Å². The zero-order chi connectivity index (χ0) is 12.8. The lowest BCUT2D eigenvalue weighted by atomic mass is 10.1. The molecule has 7 N–H and O–H groups in total. The number of carboxylic acid groups (broad SMARTS) is 1. The first kappa shape index (κ1) is 15.4. The van der Waals surface area contributed by atoms with E-state index in [1.54, 1.807) is 5.48 Å². The molecule has 0 aliphatic rings. The van der Waals surface area contributed by atoms with Crippen LogP contribution in [0.25, 0.3) is 0 Å². The van der Waals surface area contributed by atoms with Gasteiger partial charge in [0.05, 0.1) is 9.61 Å². The SMILES string of the molecule is N=C(N)NCCCC(NO)(C(=O)O)[S+]([O-])Br. The quantitative estimate of drug-likeness (QED) is 0.116. The van der Waals surface area contributed by atoms with Gasteiger partial charge >= 0.3 is 10.8 Å². The molecule has 0 heterocycles. The predicted molar refractivity (Wildman–Crippen MR) is 61.5 cm³/mol. The highest BCUT2D eigenvalue weighted by Gasteiger charge is 2.49. The molecule has 0 amide bonds. The summed E-state index contributed by atoms with van der Waals surface area (Å²) in [5, 5.41) is 27.0. The number of nitrogens with one attached hydrogen (secondary N) is 3. The molecule has 8 nitrogen and oxygen atoms in total. The number of rotatable bonds is 7. The molecular weight excluding hydrogens is 304 g/mol. The van der Waals surface area contributed by atoms with Crippen LogP contribution in [-0.4, -0.2) is 38.2 Å². The minimum atomic E-state index is -1.97. The molecule has 0 bridgehead atoms. The van der Waals surface area contributed by atoms with Crippen LogP contribution in [-0.2, 0) is 14.4 Å². The molecule has 0 aliphatic heterocycles. The maximum atomic E-state index is 11.2. The fourth-order valence-electron chi connectivity index (χ4n) is 0.956. The number of guanidine groups is 1. The summed E-state index contributed by atoms with van der Waals surface area (Å²) in [6, 6.07) is 0. The summed E-state index contributed by atoms with van der Waals surface area (Å²) in [5.41, 5.74) is 6.56. The lowest BCUT2D eigenvalue weighted by Crippen LogP contribution is -2.55. The maximum Gasteiger partial charge on any atom is 0.379 e. The number of halogens is 1. The molecule has 0 aliphatic carbocycles. The maximum absolute atomic E-state index is 11.2. The second kappa shape index (κ2) is 6.91. The molecule has 10 heteroatoms. The smallest absolute Gasteiger partial charge is 0.379 e. The Morgan fingerprint density at radius 1 is 1.69 bits per heavy atom. The van der Waals surface area contributed by atoms with Crippen LogP contribution in [0.15, 0.2) is 0 Å². The fourth-order valence-corrected chi connectivity index (χ4v) is 2.59. The van der Waals surface area contributed by atoms with Crippen LogP contribution in [0.5, 0.6) is 0 Å². The Labute approximate surface area is 102 Å². The van der Waals surface area contributed by atoms with Crippen LogP contribution in [0, 0.1) is 5.41 Å². The summed E-state index contributed by atoms with van der Waals surface area (Å²) in [7, 11) is -1.97. The van der Waals surface area contributed by atoms with Crippen molar-refractivity contribution in [2.24, 2.45) is 5.73 Å².